The lowest BCUT2D eigenvalue weighted by Gasteiger charge is -2.22. The third-order valence-electron chi connectivity index (χ3n) is 4.60. The van der Waals surface area contributed by atoms with Crippen molar-refractivity contribution in [2.45, 2.75) is 32.3 Å². The van der Waals surface area contributed by atoms with Crippen LogP contribution in [0.3, 0.4) is 0 Å². The van der Waals surface area contributed by atoms with Crippen molar-refractivity contribution in [3.05, 3.63) is 82.0 Å². The molecular weight excluding hydrogens is 374 g/mol. The summed E-state index contributed by atoms with van der Waals surface area (Å²) in [7, 11) is 0. The van der Waals surface area contributed by atoms with E-state index in [0.717, 1.165) is 16.9 Å². The molecule has 0 saturated carbocycles. The molecule has 29 heavy (non-hydrogen) atoms. The summed E-state index contributed by atoms with van der Waals surface area (Å²) in [5, 5.41) is 10.8. The molecule has 1 aliphatic heterocycles. The van der Waals surface area contributed by atoms with E-state index in [9.17, 15) is 10.1 Å². The number of ether oxygens (including phenoxy) is 3. The SMILES string of the molecule is O=[N+]([O-])c1cn2c(n1)O[C@@H](COCc1cccc(OCc3ccccc3)c1)CC2. The Bertz CT molecular complexity index is 973. The average molecular weight is 395 g/mol. The molecule has 0 radical (unpaired) electrons. The van der Waals surface area contributed by atoms with Crippen molar-refractivity contribution in [1.82, 2.24) is 9.55 Å². The van der Waals surface area contributed by atoms with Crippen molar-refractivity contribution in [3.8, 4) is 11.8 Å². The van der Waals surface area contributed by atoms with E-state index in [-0.39, 0.29) is 17.9 Å². The topological polar surface area (TPSA) is 88.7 Å². The summed E-state index contributed by atoms with van der Waals surface area (Å²) in [6.07, 6.45) is 1.93. The molecule has 2 aromatic carbocycles. The molecule has 0 bridgehead atoms. The second kappa shape index (κ2) is 8.74. The molecule has 4 rings (SSSR count). The summed E-state index contributed by atoms with van der Waals surface area (Å²) in [4.78, 5) is 14.2. The van der Waals surface area contributed by atoms with Crippen molar-refractivity contribution < 1.29 is 19.1 Å². The van der Waals surface area contributed by atoms with Gasteiger partial charge in [-0.25, -0.2) is 0 Å². The Morgan fingerprint density at radius 1 is 1.14 bits per heavy atom. The minimum atomic E-state index is -0.521. The lowest BCUT2D eigenvalue weighted by molar-refractivity contribution is -0.389. The summed E-state index contributed by atoms with van der Waals surface area (Å²) in [5.74, 6) is 0.590. The fourth-order valence-electron chi connectivity index (χ4n) is 3.11. The van der Waals surface area contributed by atoms with E-state index < -0.39 is 4.92 Å². The molecule has 8 nitrogen and oxygen atoms in total. The van der Waals surface area contributed by atoms with Gasteiger partial charge in [-0.2, -0.15) is 0 Å². The van der Waals surface area contributed by atoms with Gasteiger partial charge < -0.3 is 24.3 Å². The van der Waals surface area contributed by atoms with Gasteiger partial charge in [-0.3, -0.25) is 4.57 Å². The molecule has 2 heterocycles. The second-order valence-electron chi connectivity index (χ2n) is 6.80. The standard InChI is InChI=1S/C21H21N3O5/c25-24(26)20-12-23-10-9-19(29-21(23)22-20)15-27-13-17-7-4-8-18(11-17)28-14-16-5-2-1-3-6-16/h1-8,11-12,19H,9-10,13-15H2/t19-/m1/s1. The number of benzene rings is 2. The first kappa shape index (κ1) is 18.9. The largest absolute Gasteiger partial charge is 0.489 e. The van der Waals surface area contributed by atoms with E-state index in [1.165, 1.54) is 6.20 Å². The normalized spacial score (nSPS) is 15.4. The molecule has 0 fully saturated rings. The quantitative estimate of drug-likeness (QED) is 0.426. The molecule has 1 atom stereocenters. The number of aryl methyl sites for hydroxylation is 1. The Labute approximate surface area is 167 Å². The molecule has 0 amide bonds. The van der Waals surface area contributed by atoms with Gasteiger partial charge >= 0.3 is 11.8 Å². The highest BCUT2D eigenvalue weighted by Gasteiger charge is 2.28. The number of aromatic nitrogens is 2. The molecular formula is C21H21N3O5. The smallest absolute Gasteiger partial charge is 0.414 e. The average Bonchev–Trinajstić information content (AvgIpc) is 3.17. The van der Waals surface area contributed by atoms with Gasteiger partial charge in [0, 0.05) is 17.9 Å². The van der Waals surface area contributed by atoms with Crippen LogP contribution in [0.1, 0.15) is 17.5 Å². The summed E-state index contributed by atoms with van der Waals surface area (Å²) >= 11 is 0. The van der Waals surface area contributed by atoms with Gasteiger partial charge in [0.15, 0.2) is 0 Å². The van der Waals surface area contributed by atoms with Crippen LogP contribution in [0.25, 0.3) is 0 Å². The fraction of sp³-hybridized carbons (Fsp3) is 0.286. The highest BCUT2D eigenvalue weighted by atomic mass is 16.6. The van der Waals surface area contributed by atoms with Gasteiger partial charge in [0.1, 0.15) is 24.7 Å². The summed E-state index contributed by atoms with van der Waals surface area (Å²) in [5.41, 5.74) is 2.12. The first-order chi connectivity index (χ1) is 14.2. The van der Waals surface area contributed by atoms with Crippen molar-refractivity contribution in [2.75, 3.05) is 6.61 Å². The Morgan fingerprint density at radius 3 is 2.79 bits per heavy atom. The highest BCUT2D eigenvalue weighted by molar-refractivity contribution is 5.28. The predicted octanol–water partition coefficient (Wildman–Crippen LogP) is 3.74. The Kier molecular flexibility index (Phi) is 5.71. The number of imidazole rings is 1. The zero-order chi connectivity index (χ0) is 20.1. The van der Waals surface area contributed by atoms with Crippen LogP contribution in [-0.4, -0.2) is 27.2 Å². The maximum absolute atomic E-state index is 10.8. The maximum atomic E-state index is 10.8. The molecule has 3 aromatic rings. The molecule has 0 saturated heterocycles. The summed E-state index contributed by atoms with van der Waals surface area (Å²) in [6, 6.07) is 18.1. The third kappa shape index (κ3) is 4.91. The van der Waals surface area contributed by atoms with Crippen molar-refractivity contribution >= 4 is 5.82 Å². The van der Waals surface area contributed by atoms with Crippen LogP contribution in [0.15, 0.2) is 60.8 Å². The Morgan fingerprint density at radius 2 is 1.97 bits per heavy atom. The fourth-order valence-corrected chi connectivity index (χ4v) is 3.11. The molecule has 1 aromatic heterocycles. The zero-order valence-corrected chi connectivity index (χ0v) is 15.8. The van der Waals surface area contributed by atoms with Crippen molar-refractivity contribution in [2.24, 2.45) is 0 Å². The number of fused-ring (bicyclic) bond motifs is 1. The van der Waals surface area contributed by atoms with Crippen LogP contribution in [0, 0.1) is 10.1 Å². The van der Waals surface area contributed by atoms with Crippen molar-refractivity contribution in [1.29, 1.82) is 0 Å². The van der Waals surface area contributed by atoms with E-state index in [1.807, 2.05) is 54.6 Å². The van der Waals surface area contributed by atoms with E-state index in [0.29, 0.717) is 32.8 Å². The Balaban J connectivity index is 1.26. The monoisotopic (exact) mass is 395 g/mol. The lowest BCUT2D eigenvalue weighted by atomic mass is 10.2. The van der Waals surface area contributed by atoms with Gasteiger partial charge in [0.05, 0.1) is 13.2 Å². The number of hydrogen-bond donors (Lipinski definition) is 0. The van der Waals surface area contributed by atoms with Crippen LogP contribution in [0.2, 0.25) is 0 Å². The third-order valence-corrected chi connectivity index (χ3v) is 4.60. The zero-order valence-electron chi connectivity index (χ0n) is 15.8. The maximum Gasteiger partial charge on any atom is 0.414 e. The molecule has 0 N–H and O–H groups in total. The van der Waals surface area contributed by atoms with Crippen LogP contribution in [0.4, 0.5) is 5.82 Å². The first-order valence-corrected chi connectivity index (χ1v) is 9.39. The molecule has 150 valence electrons. The van der Waals surface area contributed by atoms with Crippen LogP contribution in [-0.2, 0) is 24.5 Å². The minimum Gasteiger partial charge on any atom is -0.489 e. The molecule has 8 heteroatoms. The van der Waals surface area contributed by atoms with Crippen LogP contribution in [0.5, 0.6) is 11.8 Å². The Hall–Kier alpha value is -3.39. The number of nitrogens with zero attached hydrogens (tertiary/aromatic N) is 3. The summed E-state index contributed by atoms with van der Waals surface area (Å²) < 4.78 is 19.0. The number of nitro groups is 1. The van der Waals surface area contributed by atoms with Gasteiger partial charge in [0.2, 0.25) is 0 Å². The second-order valence-corrected chi connectivity index (χ2v) is 6.80. The van der Waals surface area contributed by atoms with Gasteiger partial charge in [-0.15, -0.1) is 0 Å². The predicted molar refractivity (Wildman–Crippen MR) is 105 cm³/mol. The van der Waals surface area contributed by atoms with E-state index in [2.05, 4.69) is 4.98 Å². The minimum absolute atomic E-state index is 0.179. The van der Waals surface area contributed by atoms with Gasteiger partial charge in [0.25, 0.3) is 0 Å². The van der Waals surface area contributed by atoms with Gasteiger partial charge in [-0.1, -0.05) is 42.5 Å². The number of rotatable bonds is 8. The lowest BCUT2D eigenvalue weighted by Crippen LogP contribution is -2.30. The highest BCUT2D eigenvalue weighted by Crippen LogP contribution is 2.24. The van der Waals surface area contributed by atoms with Crippen LogP contribution < -0.4 is 9.47 Å². The molecule has 0 spiro atoms. The molecule has 0 aliphatic carbocycles. The molecule has 0 unspecified atom stereocenters. The van der Waals surface area contributed by atoms with Crippen molar-refractivity contribution in [3.63, 3.8) is 0 Å². The van der Waals surface area contributed by atoms with E-state index in [1.54, 1.807) is 4.57 Å². The number of hydrogen-bond acceptors (Lipinski definition) is 6. The first-order valence-electron chi connectivity index (χ1n) is 9.39. The summed E-state index contributed by atoms with van der Waals surface area (Å²) in [6.45, 7) is 1.94. The molecule has 1 aliphatic rings. The van der Waals surface area contributed by atoms with Crippen LogP contribution >= 0.6 is 0 Å². The van der Waals surface area contributed by atoms with E-state index in [4.69, 9.17) is 14.2 Å². The van der Waals surface area contributed by atoms with E-state index >= 15 is 0 Å². The van der Waals surface area contributed by atoms with Gasteiger partial charge in [-0.05, 0) is 28.2 Å².